The third kappa shape index (κ3) is 3.89. The Balaban J connectivity index is 1.75. The first-order valence-corrected chi connectivity index (χ1v) is 9.94. The lowest BCUT2D eigenvalue weighted by Gasteiger charge is -2.17. The van der Waals surface area contributed by atoms with E-state index in [1.165, 1.54) is 30.3 Å². The molecule has 1 heterocycles. The number of anilines is 2. The zero-order chi connectivity index (χ0) is 23.9. The number of rotatable bonds is 5. The zero-order valence-electron chi connectivity index (χ0n) is 17.7. The summed E-state index contributed by atoms with van der Waals surface area (Å²) in [5.41, 5.74) is 2.12. The van der Waals surface area contributed by atoms with Crippen LogP contribution in [0.5, 0.6) is 0 Å². The van der Waals surface area contributed by atoms with Crippen molar-refractivity contribution in [3.8, 4) is 0 Å². The largest absolute Gasteiger partial charge is 0.478 e. The molecule has 0 aromatic heterocycles. The van der Waals surface area contributed by atoms with E-state index in [9.17, 15) is 29.1 Å². The molecule has 164 valence electrons. The summed E-state index contributed by atoms with van der Waals surface area (Å²) in [6.07, 6.45) is 0.550. The van der Waals surface area contributed by atoms with Crippen molar-refractivity contribution in [2.45, 2.75) is 13.8 Å². The van der Waals surface area contributed by atoms with Gasteiger partial charge in [0.05, 0.1) is 27.9 Å². The number of carbonyl (C=O) groups is 5. The van der Waals surface area contributed by atoms with Gasteiger partial charge in [0.2, 0.25) is 0 Å². The summed E-state index contributed by atoms with van der Waals surface area (Å²) in [4.78, 5) is 62.6. The van der Waals surface area contributed by atoms with Crippen molar-refractivity contribution in [1.29, 1.82) is 0 Å². The van der Waals surface area contributed by atoms with Crippen LogP contribution in [0.4, 0.5) is 11.4 Å². The summed E-state index contributed by atoms with van der Waals surface area (Å²) in [5.74, 6) is -3.10. The number of carboxylic acids is 1. The average Bonchev–Trinajstić information content (AvgIpc) is 3.02. The van der Waals surface area contributed by atoms with Crippen LogP contribution in [-0.2, 0) is 0 Å². The molecule has 3 aromatic rings. The number of aromatic carboxylic acids is 1. The molecule has 33 heavy (non-hydrogen) atoms. The molecule has 0 radical (unpaired) electrons. The fraction of sp³-hybridized carbons (Fsp3) is 0.0800. The molecule has 0 atom stereocenters. The normalized spacial score (nSPS) is 12.5. The number of benzene rings is 3. The predicted molar refractivity (Wildman–Crippen MR) is 120 cm³/mol. The Morgan fingerprint density at radius 3 is 2.24 bits per heavy atom. The molecule has 0 saturated carbocycles. The SMILES string of the molecule is Cc1ccc(C=O)c(C(=O)Nc2cc(C(=O)O)cc(N3C(=O)c4ccc(C)cc4C3=O)c2)c1. The van der Waals surface area contributed by atoms with Crippen molar-refractivity contribution in [1.82, 2.24) is 0 Å². The van der Waals surface area contributed by atoms with Crippen molar-refractivity contribution in [3.63, 3.8) is 0 Å². The standard InChI is InChI=1S/C25H18N2O6/c1-13-3-5-15(12-28)20(7-13)22(29)26-17-9-16(25(32)33)10-18(11-17)27-23(30)19-6-4-14(2)8-21(19)24(27)31/h3-12H,1-2H3,(H,26,29)(H,32,33). The molecule has 8 nitrogen and oxygen atoms in total. The van der Waals surface area contributed by atoms with Gasteiger partial charge in [-0.3, -0.25) is 19.2 Å². The minimum Gasteiger partial charge on any atom is -0.478 e. The highest BCUT2D eigenvalue weighted by atomic mass is 16.4. The number of nitrogens with one attached hydrogen (secondary N) is 1. The number of carboxylic acid groups (broad SMARTS) is 1. The molecule has 0 unspecified atom stereocenters. The Labute approximate surface area is 188 Å². The van der Waals surface area contributed by atoms with Crippen LogP contribution in [-0.4, -0.2) is 35.1 Å². The molecule has 2 N–H and O–H groups in total. The predicted octanol–water partition coefficient (Wildman–Crippen LogP) is 3.87. The van der Waals surface area contributed by atoms with Crippen LogP contribution < -0.4 is 10.2 Å². The molecule has 0 spiro atoms. The van der Waals surface area contributed by atoms with E-state index in [2.05, 4.69) is 5.32 Å². The Hall–Kier alpha value is -4.59. The fourth-order valence-corrected chi connectivity index (χ4v) is 3.69. The van der Waals surface area contributed by atoms with Crippen LogP contribution >= 0.6 is 0 Å². The molecule has 0 fully saturated rings. The van der Waals surface area contributed by atoms with E-state index in [1.807, 2.05) is 0 Å². The molecule has 0 aliphatic carbocycles. The van der Waals surface area contributed by atoms with Crippen LogP contribution in [0.1, 0.15) is 62.9 Å². The lowest BCUT2D eigenvalue weighted by Crippen LogP contribution is -2.29. The van der Waals surface area contributed by atoms with E-state index in [0.29, 0.717) is 6.29 Å². The number of aryl methyl sites for hydroxylation is 2. The molecular formula is C25H18N2O6. The van der Waals surface area contributed by atoms with Gasteiger partial charge in [-0.15, -0.1) is 0 Å². The maximum atomic E-state index is 12.9. The summed E-state index contributed by atoms with van der Waals surface area (Å²) in [6, 6.07) is 13.3. The fourth-order valence-electron chi connectivity index (χ4n) is 3.69. The van der Waals surface area contributed by atoms with Gasteiger partial charge in [0.25, 0.3) is 17.7 Å². The third-order valence-electron chi connectivity index (χ3n) is 5.30. The van der Waals surface area contributed by atoms with Gasteiger partial charge in [0.1, 0.15) is 0 Å². The maximum Gasteiger partial charge on any atom is 0.335 e. The van der Waals surface area contributed by atoms with Gasteiger partial charge in [0.15, 0.2) is 6.29 Å². The molecule has 4 rings (SSSR count). The highest BCUT2D eigenvalue weighted by molar-refractivity contribution is 6.34. The van der Waals surface area contributed by atoms with E-state index in [4.69, 9.17) is 0 Å². The van der Waals surface area contributed by atoms with E-state index < -0.39 is 23.7 Å². The lowest BCUT2D eigenvalue weighted by molar-refractivity contribution is 0.0695. The number of imide groups is 1. The zero-order valence-corrected chi connectivity index (χ0v) is 17.7. The van der Waals surface area contributed by atoms with Crippen molar-refractivity contribution >= 4 is 41.4 Å². The number of carbonyl (C=O) groups excluding carboxylic acids is 4. The third-order valence-corrected chi connectivity index (χ3v) is 5.30. The second kappa shape index (κ2) is 8.16. The van der Waals surface area contributed by atoms with Crippen LogP contribution in [0.25, 0.3) is 0 Å². The van der Waals surface area contributed by atoms with Gasteiger partial charge >= 0.3 is 5.97 Å². The van der Waals surface area contributed by atoms with Gasteiger partial charge in [-0.05, 0) is 50.2 Å². The molecule has 3 aromatic carbocycles. The Kier molecular flexibility index (Phi) is 5.35. The number of hydrogen-bond acceptors (Lipinski definition) is 5. The summed E-state index contributed by atoms with van der Waals surface area (Å²) >= 11 is 0. The number of hydrogen-bond donors (Lipinski definition) is 2. The first-order chi connectivity index (χ1) is 15.7. The van der Waals surface area contributed by atoms with Crippen LogP contribution in [0.2, 0.25) is 0 Å². The smallest absolute Gasteiger partial charge is 0.335 e. The summed E-state index contributed by atoms with van der Waals surface area (Å²) in [6.45, 7) is 3.55. The topological polar surface area (TPSA) is 121 Å². The average molecular weight is 442 g/mol. The Morgan fingerprint density at radius 2 is 1.55 bits per heavy atom. The minimum absolute atomic E-state index is 0.00825. The quantitative estimate of drug-likeness (QED) is 0.457. The van der Waals surface area contributed by atoms with E-state index in [1.54, 1.807) is 38.1 Å². The van der Waals surface area contributed by atoms with E-state index >= 15 is 0 Å². The van der Waals surface area contributed by atoms with Gasteiger partial charge < -0.3 is 10.4 Å². The second-order valence-electron chi connectivity index (χ2n) is 7.73. The van der Waals surface area contributed by atoms with Gasteiger partial charge in [-0.1, -0.05) is 29.3 Å². The number of nitrogens with zero attached hydrogens (tertiary/aromatic N) is 1. The molecular weight excluding hydrogens is 424 g/mol. The molecule has 3 amide bonds. The summed E-state index contributed by atoms with van der Waals surface area (Å²) in [5, 5.41) is 12.1. The van der Waals surface area contributed by atoms with Gasteiger partial charge in [-0.2, -0.15) is 0 Å². The summed E-state index contributed by atoms with van der Waals surface area (Å²) in [7, 11) is 0. The summed E-state index contributed by atoms with van der Waals surface area (Å²) < 4.78 is 0. The minimum atomic E-state index is -1.30. The first kappa shape index (κ1) is 21.6. The highest BCUT2D eigenvalue weighted by Crippen LogP contribution is 2.32. The van der Waals surface area contributed by atoms with Crippen molar-refractivity contribution in [3.05, 3.63) is 93.5 Å². The molecule has 1 aliphatic rings. The van der Waals surface area contributed by atoms with Crippen LogP contribution in [0.3, 0.4) is 0 Å². The van der Waals surface area contributed by atoms with Crippen molar-refractivity contribution in [2.24, 2.45) is 0 Å². The molecule has 0 saturated heterocycles. The molecule has 8 heteroatoms. The van der Waals surface area contributed by atoms with Crippen molar-refractivity contribution < 1.29 is 29.1 Å². The van der Waals surface area contributed by atoms with E-state index in [-0.39, 0.29) is 39.2 Å². The number of fused-ring (bicyclic) bond motifs is 1. The Morgan fingerprint density at radius 1 is 0.879 bits per heavy atom. The highest BCUT2D eigenvalue weighted by Gasteiger charge is 2.37. The van der Waals surface area contributed by atoms with Gasteiger partial charge in [-0.25, -0.2) is 9.69 Å². The van der Waals surface area contributed by atoms with Crippen LogP contribution in [0, 0.1) is 13.8 Å². The lowest BCUT2D eigenvalue weighted by atomic mass is 10.0. The second-order valence-corrected chi connectivity index (χ2v) is 7.73. The van der Waals surface area contributed by atoms with E-state index in [0.717, 1.165) is 16.0 Å². The first-order valence-electron chi connectivity index (χ1n) is 9.94. The van der Waals surface area contributed by atoms with Gasteiger partial charge in [0, 0.05) is 11.3 Å². The van der Waals surface area contributed by atoms with Crippen molar-refractivity contribution in [2.75, 3.05) is 10.2 Å². The molecule has 1 aliphatic heterocycles. The number of amides is 3. The maximum absolute atomic E-state index is 12.9. The van der Waals surface area contributed by atoms with Crippen LogP contribution in [0.15, 0.2) is 54.6 Å². The Bertz CT molecular complexity index is 1380. The molecule has 0 bridgehead atoms. The number of aldehydes is 1. The monoisotopic (exact) mass is 442 g/mol.